The molecule has 2 amide bonds. The first-order valence-corrected chi connectivity index (χ1v) is 8.65. The summed E-state index contributed by atoms with van der Waals surface area (Å²) in [6, 6.07) is 5.45. The van der Waals surface area contributed by atoms with Crippen LogP contribution >= 0.6 is 0 Å². The molecule has 0 aliphatic carbocycles. The fourth-order valence-corrected chi connectivity index (χ4v) is 1.65. The van der Waals surface area contributed by atoms with Crippen molar-refractivity contribution in [3.8, 4) is 5.75 Å². The Hall–Kier alpha value is -2.08. The Morgan fingerprint density at radius 1 is 1.20 bits per heavy atom. The Bertz CT molecular complexity index is 469. The van der Waals surface area contributed by atoms with Crippen molar-refractivity contribution in [2.24, 2.45) is 11.5 Å². The topological polar surface area (TPSA) is 107 Å². The number of primary amides is 1. The number of amides is 2. The largest absolute Gasteiger partial charge is 0.491 e. The minimum Gasteiger partial charge on any atom is -0.491 e. The average Bonchev–Trinajstić information content (AvgIpc) is 2.55. The summed E-state index contributed by atoms with van der Waals surface area (Å²) in [5.74, 6) is 0.729. The molecule has 2 unspecified atom stereocenters. The van der Waals surface area contributed by atoms with Crippen molar-refractivity contribution in [3.63, 3.8) is 0 Å². The summed E-state index contributed by atoms with van der Waals surface area (Å²) >= 11 is 0. The van der Waals surface area contributed by atoms with Crippen molar-refractivity contribution in [1.29, 1.82) is 0 Å². The number of carbonyl (C=O) groups excluding carboxylic acids is 2. The van der Waals surface area contributed by atoms with Gasteiger partial charge in [0.2, 0.25) is 12.3 Å². The molecule has 2 atom stereocenters. The summed E-state index contributed by atoms with van der Waals surface area (Å²) in [5.41, 5.74) is 11.8. The maximum Gasteiger partial charge on any atom is 0.236 e. The van der Waals surface area contributed by atoms with Crippen LogP contribution in [0.15, 0.2) is 18.2 Å². The van der Waals surface area contributed by atoms with Crippen molar-refractivity contribution in [2.75, 3.05) is 6.61 Å². The van der Waals surface area contributed by atoms with Gasteiger partial charge in [-0.25, -0.2) is 0 Å². The number of nitrogens with one attached hydrogen (secondary N) is 1. The van der Waals surface area contributed by atoms with Crippen LogP contribution in [0.25, 0.3) is 0 Å². The van der Waals surface area contributed by atoms with Crippen LogP contribution in [-0.2, 0) is 9.59 Å². The maximum atomic E-state index is 11.4. The molecule has 0 bridgehead atoms. The molecule has 1 aromatic rings. The number of hydrogen-bond donors (Lipinski definition) is 3. The highest BCUT2D eigenvalue weighted by Gasteiger charge is 2.12. The molecule has 0 heterocycles. The van der Waals surface area contributed by atoms with Crippen LogP contribution in [0.1, 0.15) is 51.7 Å². The van der Waals surface area contributed by atoms with E-state index in [-0.39, 0.29) is 18.4 Å². The molecule has 0 aliphatic heterocycles. The zero-order chi connectivity index (χ0) is 19.8. The molecule has 6 nitrogen and oxygen atoms in total. The van der Waals surface area contributed by atoms with Gasteiger partial charge in [0.1, 0.15) is 12.4 Å². The average molecular weight is 354 g/mol. The van der Waals surface area contributed by atoms with E-state index in [1.54, 1.807) is 6.92 Å². The summed E-state index contributed by atoms with van der Waals surface area (Å²) in [6.07, 6.45) is 2.89. The van der Waals surface area contributed by atoms with Gasteiger partial charge >= 0.3 is 0 Å². The molecule has 0 fully saturated rings. The first-order chi connectivity index (χ1) is 11.7. The van der Waals surface area contributed by atoms with Crippen LogP contribution < -0.4 is 21.5 Å². The molecule has 1 aromatic carbocycles. The Morgan fingerprint density at radius 3 is 2.00 bits per heavy atom. The number of benzene rings is 1. The van der Waals surface area contributed by atoms with E-state index in [2.05, 4.69) is 24.9 Å². The molecule has 0 saturated heterocycles. The Morgan fingerprint density at radius 2 is 1.64 bits per heavy atom. The molecule has 0 saturated carbocycles. The second-order valence-electron chi connectivity index (χ2n) is 5.87. The number of para-hydroxylation sites is 1. The van der Waals surface area contributed by atoms with Crippen LogP contribution in [0, 0.1) is 13.8 Å². The van der Waals surface area contributed by atoms with Gasteiger partial charge in [0.25, 0.3) is 0 Å². The van der Waals surface area contributed by atoms with Gasteiger partial charge in [-0.05, 0) is 38.8 Å². The van der Waals surface area contributed by atoms with Crippen molar-refractivity contribution >= 4 is 12.3 Å². The van der Waals surface area contributed by atoms with Crippen LogP contribution in [0.4, 0.5) is 0 Å². The van der Waals surface area contributed by atoms with Crippen molar-refractivity contribution < 1.29 is 14.3 Å². The summed E-state index contributed by atoms with van der Waals surface area (Å²) in [4.78, 5) is 20.0. The third-order valence-electron chi connectivity index (χ3n) is 3.19. The van der Waals surface area contributed by atoms with E-state index in [4.69, 9.17) is 15.3 Å². The normalized spacial score (nSPS) is 11.6. The SMILES string of the molecule is CCCC.Cc1cccc(C)c1OCC(C)NC(=O)C(C)N.NC=O. The molecular weight excluding hydrogens is 318 g/mol. The zero-order valence-corrected chi connectivity index (χ0v) is 16.5. The lowest BCUT2D eigenvalue weighted by Gasteiger charge is -2.18. The zero-order valence-electron chi connectivity index (χ0n) is 16.5. The molecule has 0 aromatic heterocycles. The fraction of sp³-hybridized carbons (Fsp3) is 0.579. The van der Waals surface area contributed by atoms with Gasteiger partial charge in [-0.2, -0.15) is 0 Å². The molecule has 0 spiro atoms. The van der Waals surface area contributed by atoms with Crippen molar-refractivity contribution in [2.45, 2.75) is 66.5 Å². The predicted molar refractivity (Wildman–Crippen MR) is 103 cm³/mol. The van der Waals surface area contributed by atoms with Gasteiger partial charge in [-0.1, -0.05) is 44.9 Å². The van der Waals surface area contributed by atoms with Crippen LogP contribution in [-0.4, -0.2) is 31.0 Å². The Labute approximate surface area is 152 Å². The second-order valence-corrected chi connectivity index (χ2v) is 5.87. The maximum absolute atomic E-state index is 11.4. The van der Waals surface area contributed by atoms with E-state index in [0.29, 0.717) is 6.61 Å². The third-order valence-corrected chi connectivity index (χ3v) is 3.19. The number of rotatable bonds is 6. The van der Waals surface area contributed by atoms with Gasteiger partial charge in [0.05, 0.1) is 12.1 Å². The Kier molecular flexibility index (Phi) is 15.5. The number of carbonyl (C=O) groups is 2. The predicted octanol–water partition coefficient (Wildman–Crippen LogP) is 2.44. The van der Waals surface area contributed by atoms with E-state index in [1.807, 2.05) is 39.0 Å². The highest BCUT2D eigenvalue weighted by molar-refractivity contribution is 5.81. The first-order valence-electron chi connectivity index (χ1n) is 8.65. The molecule has 25 heavy (non-hydrogen) atoms. The van der Waals surface area contributed by atoms with Crippen LogP contribution in [0.3, 0.4) is 0 Å². The first kappa shape index (κ1) is 25.2. The van der Waals surface area contributed by atoms with E-state index < -0.39 is 6.04 Å². The molecule has 6 heteroatoms. The quantitative estimate of drug-likeness (QED) is 0.683. The molecule has 5 N–H and O–H groups in total. The van der Waals surface area contributed by atoms with E-state index in [0.717, 1.165) is 16.9 Å². The standard InChI is InChI=1S/C14H22N2O2.C4H10.CH3NO/c1-9-6-5-7-10(2)13(9)18-8-11(3)16-14(17)12(4)15;1-3-4-2;2-1-3/h5-7,11-12H,8,15H2,1-4H3,(H,16,17);3-4H2,1-2H3;1H,(H2,2,3). The van der Waals surface area contributed by atoms with Crippen molar-refractivity contribution in [1.82, 2.24) is 5.32 Å². The highest BCUT2D eigenvalue weighted by atomic mass is 16.5. The van der Waals surface area contributed by atoms with Gasteiger partial charge in [-0.3, -0.25) is 9.59 Å². The van der Waals surface area contributed by atoms with Gasteiger partial charge in [-0.15, -0.1) is 0 Å². The number of nitrogens with two attached hydrogens (primary N) is 2. The summed E-state index contributed by atoms with van der Waals surface area (Å²) in [5, 5.41) is 2.80. The van der Waals surface area contributed by atoms with Crippen LogP contribution in [0.2, 0.25) is 0 Å². The number of ether oxygens (including phenoxy) is 1. The van der Waals surface area contributed by atoms with Gasteiger partial charge in [0.15, 0.2) is 0 Å². The smallest absolute Gasteiger partial charge is 0.236 e. The lowest BCUT2D eigenvalue weighted by atomic mass is 10.1. The van der Waals surface area contributed by atoms with Gasteiger partial charge < -0.3 is 21.5 Å². The fourth-order valence-electron chi connectivity index (χ4n) is 1.65. The van der Waals surface area contributed by atoms with E-state index in [1.165, 1.54) is 12.8 Å². The molecule has 0 radical (unpaired) electrons. The minimum absolute atomic E-state index is 0.0671. The van der Waals surface area contributed by atoms with Gasteiger partial charge in [0, 0.05) is 0 Å². The molecule has 0 aliphatic rings. The summed E-state index contributed by atoms with van der Waals surface area (Å²) in [7, 11) is 0. The monoisotopic (exact) mass is 353 g/mol. The number of hydrogen-bond acceptors (Lipinski definition) is 4. The minimum atomic E-state index is -0.493. The summed E-state index contributed by atoms with van der Waals surface area (Å²) in [6.45, 7) is 12.4. The molecular formula is C19H35N3O3. The second kappa shape index (κ2) is 15.4. The molecule has 144 valence electrons. The number of aryl methyl sites for hydroxylation is 2. The number of unbranched alkanes of at least 4 members (excludes halogenated alkanes) is 1. The highest BCUT2D eigenvalue weighted by Crippen LogP contribution is 2.22. The summed E-state index contributed by atoms with van der Waals surface area (Å²) < 4.78 is 5.75. The lowest BCUT2D eigenvalue weighted by molar-refractivity contribution is -0.122. The van der Waals surface area contributed by atoms with Crippen molar-refractivity contribution in [3.05, 3.63) is 29.3 Å². The van der Waals surface area contributed by atoms with E-state index >= 15 is 0 Å². The Balaban J connectivity index is 0. The van der Waals surface area contributed by atoms with E-state index in [9.17, 15) is 4.79 Å². The molecule has 1 rings (SSSR count). The lowest BCUT2D eigenvalue weighted by Crippen LogP contribution is -2.44. The third kappa shape index (κ3) is 12.9. The van der Waals surface area contributed by atoms with Crippen LogP contribution in [0.5, 0.6) is 5.75 Å².